The summed E-state index contributed by atoms with van der Waals surface area (Å²) in [5, 5.41) is 2.66. The van der Waals surface area contributed by atoms with Crippen LogP contribution in [0.5, 0.6) is 5.75 Å². The third-order valence-electron chi connectivity index (χ3n) is 5.17. The molecule has 0 bridgehead atoms. The smallest absolute Gasteiger partial charge is 0.311 e. The van der Waals surface area contributed by atoms with Crippen LogP contribution in [0.2, 0.25) is 0 Å². The van der Waals surface area contributed by atoms with Gasteiger partial charge in [-0.15, -0.1) is 0 Å². The Morgan fingerprint density at radius 2 is 1.38 bits per heavy atom. The summed E-state index contributed by atoms with van der Waals surface area (Å²) in [5.74, 6) is -0.453. The van der Waals surface area contributed by atoms with E-state index >= 15 is 0 Å². The first-order chi connectivity index (χ1) is 16.0. The number of esters is 1. The minimum absolute atomic E-state index is 0.0573. The average Bonchev–Trinajstić information content (AvgIpc) is 2.77. The fourth-order valence-electron chi connectivity index (χ4n) is 3.48. The first-order valence-corrected chi connectivity index (χ1v) is 12.3. The first-order valence-electron chi connectivity index (χ1n) is 10.8. The molecule has 8 heteroatoms. The Bertz CT molecular complexity index is 1280. The summed E-state index contributed by atoms with van der Waals surface area (Å²) in [7, 11) is -3.79. The highest BCUT2D eigenvalue weighted by Crippen LogP contribution is 2.25. The number of nitrogens with one attached hydrogen (secondary N) is 2. The zero-order valence-electron chi connectivity index (χ0n) is 19.6. The number of rotatable bonds is 8. The molecule has 0 aliphatic heterocycles. The van der Waals surface area contributed by atoms with Crippen molar-refractivity contribution in [1.82, 2.24) is 0 Å². The number of sulfonamides is 1. The maximum absolute atomic E-state index is 12.8. The quantitative estimate of drug-likeness (QED) is 0.347. The Kier molecular flexibility index (Phi) is 7.73. The van der Waals surface area contributed by atoms with Crippen molar-refractivity contribution < 1.29 is 22.7 Å². The van der Waals surface area contributed by atoms with Crippen LogP contribution in [0.15, 0.2) is 65.6 Å². The lowest BCUT2D eigenvalue weighted by atomic mass is 10.1. The van der Waals surface area contributed by atoms with E-state index in [0.29, 0.717) is 17.1 Å². The van der Waals surface area contributed by atoms with Crippen molar-refractivity contribution in [2.75, 3.05) is 10.0 Å². The summed E-state index contributed by atoms with van der Waals surface area (Å²) in [6, 6.07) is 16.7. The number of benzene rings is 3. The molecule has 0 saturated heterocycles. The minimum Gasteiger partial charge on any atom is -0.427 e. The summed E-state index contributed by atoms with van der Waals surface area (Å²) >= 11 is 0. The molecule has 0 atom stereocenters. The van der Waals surface area contributed by atoms with E-state index in [-0.39, 0.29) is 23.6 Å². The predicted molar refractivity (Wildman–Crippen MR) is 133 cm³/mol. The molecule has 0 heterocycles. The minimum atomic E-state index is -3.79. The SMILES string of the molecule is Cc1ccc(OC(=O)CCC(=O)Nc2ccc(S(=O)(=O)Nc3c(C)cc(C)cc3C)cc2)cc1. The van der Waals surface area contributed by atoms with Crippen LogP contribution < -0.4 is 14.8 Å². The molecule has 3 rings (SSSR count). The predicted octanol–water partition coefficient (Wildman–Crippen LogP) is 5.05. The number of carbonyl (C=O) groups is 2. The lowest BCUT2D eigenvalue weighted by Gasteiger charge is -2.14. The van der Waals surface area contributed by atoms with Gasteiger partial charge in [0.15, 0.2) is 0 Å². The van der Waals surface area contributed by atoms with Crippen LogP contribution in [0.1, 0.15) is 35.1 Å². The van der Waals surface area contributed by atoms with Gasteiger partial charge < -0.3 is 10.1 Å². The van der Waals surface area contributed by atoms with Crippen molar-refractivity contribution in [1.29, 1.82) is 0 Å². The molecule has 0 unspecified atom stereocenters. The van der Waals surface area contributed by atoms with Crippen LogP contribution in [0.3, 0.4) is 0 Å². The molecule has 1 amide bonds. The molecule has 178 valence electrons. The van der Waals surface area contributed by atoms with Gasteiger partial charge in [0, 0.05) is 12.1 Å². The molecular weight excluding hydrogens is 452 g/mol. The molecule has 0 radical (unpaired) electrons. The van der Waals surface area contributed by atoms with E-state index in [0.717, 1.165) is 22.3 Å². The van der Waals surface area contributed by atoms with Gasteiger partial charge in [-0.25, -0.2) is 8.42 Å². The third-order valence-corrected chi connectivity index (χ3v) is 6.54. The van der Waals surface area contributed by atoms with Gasteiger partial charge in [0.25, 0.3) is 10.0 Å². The van der Waals surface area contributed by atoms with E-state index in [1.807, 2.05) is 52.0 Å². The Labute approximate surface area is 200 Å². The zero-order chi connectivity index (χ0) is 24.9. The van der Waals surface area contributed by atoms with E-state index in [2.05, 4.69) is 10.0 Å². The Hall–Kier alpha value is -3.65. The molecule has 0 spiro atoms. The molecular formula is C26H28N2O5S. The van der Waals surface area contributed by atoms with Crippen LogP contribution in [0, 0.1) is 27.7 Å². The van der Waals surface area contributed by atoms with Crippen LogP contribution in [-0.2, 0) is 19.6 Å². The molecule has 0 saturated carbocycles. The van der Waals surface area contributed by atoms with Crippen molar-refractivity contribution >= 4 is 33.3 Å². The Balaban J connectivity index is 1.56. The van der Waals surface area contributed by atoms with Crippen LogP contribution in [0.25, 0.3) is 0 Å². The Morgan fingerprint density at radius 3 is 1.97 bits per heavy atom. The normalized spacial score (nSPS) is 11.1. The topological polar surface area (TPSA) is 102 Å². The number of amides is 1. The Morgan fingerprint density at radius 1 is 0.794 bits per heavy atom. The van der Waals surface area contributed by atoms with Crippen molar-refractivity contribution in [3.63, 3.8) is 0 Å². The standard InChI is InChI=1S/C26H28N2O5S/c1-17-5-9-22(10-6-17)33-25(30)14-13-24(29)27-21-7-11-23(12-8-21)34(31,32)28-26-19(3)15-18(2)16-20(26)4/h5-12,15-16,28H,13-14H2,1-4H3,(H,27,29). The van der Waals surface area contributed by atoms with Gasteiger partial charge in [-0.3, -0.25) is 14.3 Å². The monoisotopic (exact) mass is 480 g/mol. The molecule has 7 nitrogen and oxygen atoms in total. The molecule has 0 aromatic heterocycles. The van der Waals surface area contributed by atoms with Gasteiger partial charge in [0.2, 0.25) is 5.91 Å². The van der Waals surface area contributed by atoms with Gasteiger partial charge in [-0.1, -0.05) is 35.4 Å². The van der Waals surface area contributed by atoms with E-state index in [4.69, 9.17) is 4.74 Å². The van der Waals surface area contributed by atoms with Crippen molar-refractivity contribution in [2.24, 2.45) is 0 Å². The van der Waals surface area contributed by atoms with E-state index in [1.54, 1.807) is 12.1 Å². The fourth-order valence-corrected chi connectivity index (χ4v) is 4.68. The van der Waals surface area contributed by atoms with E-state index < -0.39 is 16.0 Å². The van der Waals surface area contributed by atoms with Gasteiger partial charge in [0.05, 0.1) is 17.0 Å². The number of aryl methyl sites for hydroxylation is 4. The lowest BCUT2D eigenvalue weighted by molar-refractivity contribution is -0.135. The second-order valence-electron chi connectivity index (χ2n) is 8.24. The second-order valence-corrected chi connectivity index (χ2v) is 9.92. The largest absolute Gasteiger partial charge is 0.427 e. The molecule has 2 N–H and O–H groups in total. The second kappa shape index (κ2) is 10.5. The van der Waals surface area contributed by atoms with E-state index in [9.17, 15) is 18.0 Å². The maximum atomic E-state index is 12.8. The van der Waals surface area contributed by atoms with Gasteiger partial charge in [-0.2, -0.15) is 0 Å². The summed E-state index contributed by atoms with van der Waals surface area (Å²) in [5.41, 5.74) is 4.77. The average molecular weight is 481 g/mol. The van der Waals surface area contributed by atoms with Crippen molar-refractivity contribution in [3.05, 3.63) is 82.9 Å². The van der Waals surface area contributed by atoms with E-state index in [1.165, 1.54) is 24.3 Å². The highest BCUT2D eigenvalue weighted by atomic mass is 32.2. The van der Waals surface area contributed by atoms with Crippen LogP contribution >= 0.6 is 0 Å². The molecule has 0 aliphatic rings. The number of anilines is 2. The van der Waals surface area contributed by atoms with Gasteiger partial charge >= 0.3 is 5.97 Å². The number of hydrogen-bond donors (Lipinski definition) is 2. The maximum Gasteiger partial charge on any atom is 0.311 e. The number of ether oxygens (including phenoxy) is 1. The molecule has 0 aliphatic carbocycles. The van der Waals surface area contributed by atoms with Gasteiger partial charge in [0.1, 0.15) is 5.75 Å². The van der Waals surface area contributed by atoms with Crippen LogP contribution in [0.4, 0.5) is 11.4 Å². The molecule has 0 fully saturated rings. The van der Waals surface area contributed by atoms with Crippen LogP contribution in [-0.4, -0.2) is 20.3 Å². The highest BCUT2D eigenvalue weighted by Gasteiger charge is 2.17. The molecule has 3 aromatic carbocycles. The number of carbonyl (C=O) groups excluding carboxylic acids is 2. The van der Waals surface area contributed by atoms with Crippen molar-refractivity contribution in [3.8, 4) is 5.75 Å². The summed E-state index contributed by atoms with van der Waals surface area (Å²) < 4.78 is 33.5. The summed E-state index contributed by atoms with van der Waals surface area (Å²) in [4.78, 5) is 24.2. The lowest BCUT2D eigenvalue weighted by Crippen LogP contribution is -2.17. The highest BCUT2D eigenvalue weighted by molar-refractivity contribution is 7.92. The van der Waals surface area contributed by atoms with Crippen molar-refractivity contribution in [2.45, 2.75) is 45.4 Å². The number of hydrogen-bond acceptors (Lipinski definition) is 5. The first kappa shape index (κ1) is 25.0. The molecule has 34 heavy (non-hydrogen) atoms. The molecule has 3 aromatic rings. The third kappa shape index (κ3) is 6.68. The fraction of sp³-hybridized carbons (Fsp3) is 0.231. The van der Waals surface area contributed by atoms with Gasteiger partial charge in [-0.05, 0) is 75.2 Å². The zero-order valence-corrected chi connectivity index (χ0v) is 20.5. The summed E-state index contributed by atoms with van der Waals surface area (Å²) in [6.07, 6.45) is -0.135. The summed E-state index contributed by atoms with van der Waals surface area (Å²) in [6.45, 7) is 7.60.